The molecule has 10 heteroatoms. The predicted octanol–water partition coefficient (Wildman–Crippen LogP) is -0.282. The lowest BCUT2D eigenvalue weighted by Gasteiger charge is -2.07. The molecule has 0 saturated heterocycles. The van der Waals surface area contributed by atoms with Crippen molar-refractivity contribution in [3.05, 3.63) is 56.7 Å². The minimum absolute atomic E-state index is 0.0303. The lowest BCUT2D eigenvalue weighted by Crippen LogP contribution is -2.39. The van der Waals surface area contributed by atoms with E-state index in [2.05, 4.69) is 9.97 Å². The van der Waals surface area contributed by atoms with E-state index in [1.807, 2.05) is 0 Å². The molecule has 0 aliphatic heterocycles. The van der Waals surface area contributed by atoms with Crippen LogP contribution < -0.4 is 11.2 Å². The van der Waals surface area contributed by atoms with Gasteiger partial charge in [0.15, 0.2) is 11.2 Å². The third-order valence-electron chi connectivity index (χ3n) is 3.39. The van der Waals surface area contributed by atoms with Crippen LogP contribution in [0, 0.1) is 0 Å². The Morgan fingerprint density at radius 3 is 2.48 bits per heavy atom. The first-order valence-corrected chi connectivity index (χ1v) is 7.94. The SMILES string of the molecule is Cn1c(=O)n(Cc2ccccc2)c(=O)c2[nH]c(S(=O)(=O)O)nc21. The summed E-state index contributed by atoms with van der Waals surface area (Å²) in [5.74, 6) is 0. The molecule has 0 aliphatic rings. The molecule has 0 bridgehead atoms. The van der Waals surface area contributed by atoms with Gasteiger partial charge in [0.1, 0.15) is 0 Å². The van der Waals surface area contributed by atoms with Crippen LogP contribution in [-0.2, 0) is 23.7 Å². The second-order valence-corrected chi connectivity index (χ2v) is 6.27. The van der Waals surface area contributed by atoms with Gasteiger partial charge in [0.05, 0.1) is 6.54 Å². The van der Waals surface area contributed by atoms with Crippen molar-refractivity contribution in [2.75, 3.05) is 0 Å². The van der Waals surface area contributed by atoms with E-state index in [-0.39, 0.29) is 17.7 Å². The number of nitrogens with one attached hydrogen (secondary N) is 1. The summed E-state index contributed by atoms with van der Waals surface area (Å²) in [5, 5.41) is -0.780. The second kappa shape index (κ2) is 5.18. The predicted molar refractivity (Wildman–Crippen MR) is 81.0 cm³/mol. The van der Waals surface area contributed by atoms with Crippen molar-refractivity contribution in [1.82, 2.24) is 19.1 Å². The number of H-pyrrole nitrogens is 1. The van der Waals surface area contributed by atoms with Crippen LogP contribution in [0.15, 0.2) is 45.1 Å². The van der Waals surface area contributed by atoms with Gasteiger partial charge in [-0.05, 0) is 5.56 Å². The van der Waals surface area contributed by atoms with Crippen LogP contribution in [0.25, 0.3) is 11.2 Å². The van der Waals surface area contributed by atoms with Crippen molar-refractivity contribution in [2.45, 2.75) is 11.7 Å². The smallest absolute Gasteiger partial charge is 0.321 e. The Morgan fingerprint density at radius 1 is 1.22 bits per heavy atom. The van der Waals surface area contributed by atoms with Gasteiger partial charge in [0, 0.05) is 7.05 Å². The minimum atomic E-state index is -4.61. The fraction of sp³-hybridized carbons (Fsp3) is 0.154. The molecular formula is C13H12N4O5S. The number of aryl methyl sites for hydroxylation is 1. The van der Waals surface area contributed by atoms with Gasteiger partial charge in [-0.25, -0.2) is 4.79 Å². The summed E-state index contributed by atoms with van der Waals surface area (Å²) < 4.78 is 33.3. The molecule has 0 aliphatic carbocycles. The zero-order valence-electron chi connectivity index (χ0n) is 11.9. The van der Waals surface area contributed by atoms with Gasteiger partial charge in [-0.15, -0.1) is 0 Å². The van der Waals surface area contributed by atoms with Gasteiger partial charge >= 0.3 is 15.8 Å². The molecule has 23 heavy (non-hydrogen) atoms. The van der Waals surface area contributed by atoms with Gasteiger partial charge < -0.3 is 4.98 Å². The summed E-state index contributed by atoms with van der Waals surface area (Å²) in [4.78, 5) is 30.6. The molecule has 0 amide bonds. The number of imidazole rings is 1. The van der Waals surface area contributed by atoms with E-state index >= 15 is 0 Å². The van der Waals surface area contributed by atoms with Crippen LogP contribution >= 0.6 is 0 Å². The molecule has 120 valence electrons. The Hall–Kier alpha value is -2.72. The average molecular weight is 336 g/mol. The molecule has 0 radical (unpaired) electrons. The highest BCUT2D eigenvalue weighted by Gasteiger charge is 2.21. The molecule has 2 N–H and O–H groups in total. The van der Waals surface area contributed by atoms with E-state index in [0.717, 1.165) is 14.7 Å². The summed E-state index contributed by atoms with van der Waals surface area (Å²) in [6.07, 6.45) is 0. The van der Waals surface area contributed by atoms with Crippen LogP contribution in [0.1, 0.15) is 5.56 Å². The number of benzene rings is 1. The van der Waals surface area contributed by atoms with Crippen molar-refractivity contribution in [3.63, 3.8) is 0 Å². The Kier molecular flexibility index (Phi) is 3.42. The third-order valence-corrected chi connectivity index (χ3v) is 4.07. The van der Waals surface area contributed by atoms with E-state index in [4.69, 9.17) is 4.55 Å². The number of hydrogen-bond donors (Lipinski definition) is 2. The van der Waals surface area contributed by atoms with Gasteiger partial charge in [0.25, 0.3) is 10.7 Å². The Labute approximate surface area is 129 Å². The maximum Gasteiger partial charge on any atom is 0.332 e. The van der Waals surface area contributed by atoms with Crippen molar-refractivity contribution in [2.24, 2.45) is 7.05 Å². The molecule has 1 aromatic carbocycles. The van der Waals surface area contributed by atoms with Gasteiger partial charge in [-0.2, -0.15) is 13.4 Å². The van der Waals surface area contributed by atoms with E-state index in [0.29, 0.717) is 0 Å². The van der Waals surface area contributed by atoms with Crippen LogP contribution in [0.2, 0.25) is 0 Å². The summed E-state index contributed by atoms with van der Waals surface area (Å²) >= 11 is 0. The van der Waals surface area contributed by atoms with Gasteiger partial charge in [-0.1, -0.05) is 30.3 Å². The largest absolute Gasteiger partial charge is 0.332 e. The lowest BCUT2D eigenvalue weighted by molar-refractivity contribution is 0.476. The molecule has 3 rings (SSSR count). The van der Waals surface area contributed by atoms with Crippen LogP contribution in [-0.4, -0.2) is 32.1 Å². The molecule has 9 nitrogen and oxygen atoms in total. The molecule has 0 saturated carbocycles. The number of rotatable bonds is 3. The standard InChI is InChI=1S/C13H12N4O5S/c1-16-10-9(14-12(15-10)23(20,21)22)11(18)17(13(16)19)7-8-5-3-2-4-6-8/h2-6H,7H2,1H3,(H,14,15)(H,20,21,22). The van der Waals surface area contributed by atoms with Gasteiger partial charge in [0.2, 0.25) is 0 Å². The number of aromatic nitrogens is 4. The number of aromatic amines is 1. The van der Waals surface area contributed by atoms with E-state index in [9.17, 15) is 18.0 Å². The summed E-state index contributed by atoms with van der Waals surface area (Å²) in [6, 6.07) is 8.87. The molecule has 0 unspecified atom stereocenters. The Balaban J connectivity index is 2.28. The third kappa shape index (κ3) is 2.58. The zero-order valence-corrected chi connectivity index (χ0v) is 12.7. The van der Waals surface area contributed by atoms with Crippen molar-refractivity contribution >= 4 is 21.3 Å². The first-order valence-electron chi connectivity index (χ1n) is 6.50. The molecule has 0 fully saturated rings. The summed E-state index contributed by atoms with van der Waals surface area (Å²) in [6.45, 7) is 0.0303. The maximum absolute atomic E-state index is 12.4. The Bertz CT molecular complexity index is 1110. The fourth-order valence-electron chi connectivity index (χ4n) is 2.26. The van der Waals surface area contributed by atoms with E-state index < -0.39 is 26.5 Å². The zero-order chi connectivity index (χ0) is 16.8. The number of nitrogens with zero attached hydrogens (tertiary/aromatic N) is 3. The first-order chi connectivity index (χ1) is 10.8. The molecule has 0 spiro atoms. The summed E-state index contributed by atoms with van der Waals surface area (Å²) in [5.41, 5.74) is -0.928. The molecule has 2 aromatic heterocycles. The lowest BCUT2D eigenvalue weighted by atomic mass is 10.2. The topological polar surface area (TPSA) is 127 Å². The van der Waals surface area contributed by atoms with Gasteiger partial charge in [-0.3, -0.25) is 18.5 Å². The highest BCUT2D eigenvalue weighted by atomic mass is 32.2. The molecule has 3 aromatic rings. The molecule has 2 heterocycles. The van der Waals surface area contributed by atoms with Crippen molar-refractivity contribution < 1.29 is 13.0 Å². The van der Waals surface area contributed by atoms with Crippen LogP contribution in [0.3, 0.4) is 0 Å². The maximum atomic E-state index is 12.4. The van der Waals surface area contributed by atoms with Crippen LogP contribution in [0.4, 0.5) is 0 Å². The van der Waals surface area contributed by atoms with E-state index in [1.165, 1.54) is 7.05 Å². The average Bonchev–Trinajstić information content (AvgIpc) is 2.96. The second-order valence-electron chi connectivity index (χ2n) is 4.93. The number of fused-ring (bicyclic) bond motifs is 1. The minimum Gasteiger partial charge on any atom is -0.321 e. The summed E-state index contributed by atoms with van der Waals surface area (Å²) in [7, 11) is -3.25. The van der Waals surface area contributed by atoms with Crippen molar-refractivity contribution in [1.29, 1.82) is 0 Å². The fourth-order valence-corrected chi connectivity index (χ4v) is 2.69. The van der Waals surface area contributed by atoms with E-state index in [1.54, 1.807) is 30.3 Å². The van der Waals surface area contributed by atoms with Crippen LogP contribution in [0.5, 0.6) is 0 Å². The number of hydrogen-bond acceptors (Lipinski definition) is 5. The monoisotopic (exact) mass is 336 g/mol. The first kappa shape index (κ1) is 15.2. The Morgan fingerprint density at radius 2 is 1.87 bits per heavy atom. The highest BCUT2D eigenvalue weighted by molar-refractivity contribution is 7.85. The van der Waals surface area contributed by atoms with Crippen molar-refractivity contribution in [3.8, 4) is 0 Å². The normalized spacial score (nSPS) is 11.9. The molecular weight excluding hydrogens is 324 g/mol. The molecule has 0 atom stereocenters. The quantitative estimate of drug-likeness (QED) is 0.633. The highest BCUT2D eigenvalue weighted by Crippen LogP contribution is 2.09.